The smallest absolute Gasteiger partial charge is 0.326 e. The molecule has 0 spiro atoms. The van der Waals surface area contributed by atoms with Crippen LogP contribution in [0.5, 0.6) is 0 Å². The fraction of sp³-hybridized carbons (Fsp3) is 0.391. The van der Waals surface area contributed by atoms with Crippen molar-refractivity contribution in [2.24, 2.45) is 0 Å². The third kappa shape index (κ3) is 6.41. The summed E-state index contributed by atoms with van der Waals surface area (Å²) in [6, 6.07) is 12.8. The van der Waals surface area contributed by atoms with Crippen molar-refractivity contribution in [3.63, 3.8) is 0 Å². The second-order valence-corrected chi connectivity index (χ2v) is 7.18. The van der Waals surface area contributed by atoms with E-state index in [0.717, 1.165) is 28.7 Å². The first kappa shape index (κ1) is 23.8. The average Bonchev–Trinajstić information content (AvgIpc) is 2.72. The lowest BCUT2D eigenvalue weighted by molar-refractivity contribution is -0.139. The summed E-state index contributed by atoms with van der Waals surface area (Å²) in [5, 5.41) is 12.1. The number of carbonyl (C=O) groups is 2. The normalized spacial score (nSPS) is 11.2. The van der Waals surface area contributed by atoms with Gasteiger partial charge in [-0.25, -0.2) is 4.79 Å². The van der Waals surface area contributed by atoms with Gasteiger partial charge in [-0.15, -0.1) is 0 Å². The highest BCUT2D eigenvalue weighted by molar-refractivity contribution is 7.98. The molecule has 152 valence electrons. The van der Waals surface area contributed by atoms with Gasteiger partial charge in [0, 0.05) is 5.56 Å². The highest BCUT2D eigenvalue weighted by Gasteiger charge is 2.22. The van der Waals surface area contributed by atoms with Gasteiger partial charge in [0.1, 0.15) is 6.04 Å². The van der Waals surface area contributed by atoms with Crippen LogP contribution in [0.15, 0.2) is 42.5 Å². The van der Waals surface area contributed by atoms with Gasteiger partial charge in [-0.2, -0.15) is 11.8 Å². The van der Waals surface area contributed by atoms with E-state index in [-0.39, 0.29) is 5.91 Å². The maximum atomic E-state index is 12.8. The number of amides is 1. The molecule has 4 nitrogen and oxygen atoms in total. The minimum absolute atomic E-state index is 0.348. The van der Waals surface area contributed by atoms with Crippen molar-refractivity contribution in [1.29, 1.82) is 0 Å². The van der Waals surface area contributed by atoms with E-state index in [1.807, 2.05) is 63.4 Å². The number of hydrogen-bond donors (Lipinski definition) is 2. The van der Waals surface area contributed by atoms with E-state index in [1.54, 1.807) is 17.8 Å². The number of carboxylic acid groups (broad SMARTS) is 1. The Morgan fingerprint density at radius 3 is 2.36 bits per heavy atom. The monoisotopic (exact) mass is 401 g/mol. The van der Waals surface area contributed by atoms with E-state index >= 15 is 0 Å². The second-order valence-electron chi connectivity index (χ2n) is 6.19. The molecule has 1 unspecified atom stereocenters. The van der Waals surface area contributed by atoms with Gasteiger partial charge in [-0.3, -0.25) is 4.79 Å². The molecule has 0 aromatic heterocycles. The summed E-state index contributed by atoms with van der Waals surface area (Å²) < 4.78 is 0. The van der Waals surface area contributed by atoms with Crippen LogP contribution in [-0.4, -0.2) is 35.0 Å². The van der Waals surface area contributed by atoms with Gasteiger partial charge in [-0.1, -0.05) is 57.2 Å². The molecule has 1 atom stereocenters. The average molecular weight is 402 g/mol. The van der Waals surface area contributed by atoms with Crippen molar-refractivity contribution in [2.75, 3.05) is 12.0 Å². The molecule has 0 bridgehead atoms. The molecule has 0 aliphatic heterocycles. The third-order valence-corrected chi connectivity index (χ3v) is 5.03. The van der Waals surface area contributed by atoms with Crippen molar-refractivity contribution in [3.05, 3.63) is 59.2 Å². The van der Waals surface area contributed by atoms with Gasteiger partial charge in [-0.05, 0) is 60.1 Å². The summed E-state index contributed by atoms with van der Waals surface area (Å²) >= 11 is 1.56. The quantitative estimate of drug-likeness (QED) is 0.639. The van der Waals surface area contributed by atoms with Crippen LogP contribution in [0.4, 0.5) is 0 Å². The van der Waals surface area contributed by atoms with Crippen molar-refractivity contribution in [1.82, 2.24) is 5.32 Å². The number of thioether (sulfide) groups is 1. The van der Waals surface area contributed by atoms with Crippen molar-refractivity contribution >= 4 is 23.6 Å². The Balaban J connectivity index is 0.00000190. The highest BCUT2D eigenvalue weighted by Crippen LogP contribution is 2.28. The van der Waals surface area contributed by atoms with Gasteiger partial charge in [0.15, 0.2) is 0 Å². The van der Waals surface area contributed by atoms with Crippen molar-refractivity contribution in [3.8, 4) is 11.1 Å². The maximum Gasteiger partial charge on any atom is 0.326 e. The van der Waals surface area contributed by atoms with Crippen LogP contribution in [0.3, 0.4) is 0 Å². The summed E-state index contributed by atoms with van der Waals surface area (Å²) in [5.74, 6) is -0.675. The van der Waals surface area contributed by atoms with Crippen LogP contribution in [0.2, 0.25) is 0 Å². The molecule has 5 heteroatoms. The largest absolute Gasteiger partial charge is 0.480 e. The topological polar surface area (TPSA) is 66.4 Å². The molecule has 0 aliphatic carbocycles. The maximum absolute atomic E-state index is 12.8. The van der Waals surface area contributed by atoms with Crippen molar-refractivity contribution < 1.29 is 14.7 Å². The number of hydrogen-bond acceptors (Lipinski definition) is 3. The van der Waals surface area contributed by atoms with Crippen LogP contribution in [0.1, 0.15) is 48.7 Å². The van der Waals surface area contributed by atoms with Gasteiger partial charge < -0.3 is 10.4 Å². The lowest BCUT2D eigenvalue weighted by Gasteiger charge is -2.17. The number of carboxylic acids is 1. The van der Waals surface area contributed by atoms with E-state index in [2.05, 4.69) is 12.2 Å². The standard InChI is InChI=1S/C21H25NO3S.C2H6/c1-4-15-9-10-17(18(13-15)16-8-6-5-7-14(16)2)20(23)22-19(21(24)25)11-12-26-3;1-2/h5-10,13,19H,4,11-12H2,1-3H3,(H,22,23)(H,24,25);1-2H3. The lowest BCUT2D eigenvalue weighted by atomic mass is 9.93. The van der Waals surface area contributed by atoms with Crippen LogP contribution in [-0.2, 0) is 11.2 Å². The molecule has 0 aliphatic rings. The summed E-state index contributed by atoms with van der Waals surface area (Å²) in [5.41, 5.74) is 4.55. The summed E-state index contributed by atoms with van der Waals surface area (Å²) in [6.07, 6.45) is 3.18. The number of aliphatic carboxylic acids is 1. The Morgan fingerprint density at radius 2 is 1.79 bits per heavy atom. The molecular formula is C23H31NO3S. The molecule has 28 heavy (non-hydrogen) atoms. The first-order valence-electron chi connectivity index (χ1n) is 9.69. The molecule has 0 saturated carbocycles. The van der Waals surface area contributed by atoms with E-state index in [9.17, 15) is 14.7 Å². The summed E-state index contributed by atoms with van der Waals surface area (Å²) in [6.45, 7) is 8.08. The predicted molar refractivity (Wildman–Crippen MR) is 119 cm³/mol. The Hall–Kier alpha value is -2.27. The molecule has 2 N–H and O–H groups in total. The molecule has 2 aromatic carbocycles. The highest BCUT2D eigenvalue weighted by atomic mass is 32.2. The minimum Gasteiger partial charge on any atom is -0.480 e. The fourth-order valence-electron chi connectivity index (χ4n) is 2.84. The molecule has 0 fully saturated rings. The third-order valence-electron chi connectivity index (χ3n) is 4.39. The lowest BCUT2D eigenvalue weighted by Crippen LogP contribution is -2.41. The van der Waals surface area contributed by atoms with Gasteiger partial charge in [0.05, 0.1) is 0 Å². The van der Waals surface area contributed by atoms with Crippen LogP contribution >= 0.6 is 11.8 Å². The van der Waals surface area contributed by atoms with E-state index in [4.69, 9.17) is 0 Å². The predicted octanol–water partition coefficient (Wildman–Crippen LogP) is 5.19. The number of rotatable bonds is 8. The first-order valence-corrected chi connectivity index (χ1v) is 11.1. The molecule has 2 rings (SSSR count). The summed E-state index contributed by atoms with van der Waals surface area (Å²) in [4.78, 5) is 24.3. The Labute approximate surface area is 172 Å². The zero-order chi connectivity index (χ0) is 21.1. The molecular weight excluding hydrogens is 370 g/mol. The van der Waals surface area contributed by atoms with Gasteiger partial charge in [0.2, 0.25) is 0 Å². The molecule has 0 saturated heterocycles. The van der Waals surface area contributed by atoms with Crippen LogP contribution in [0.25, 0.3) is 11.1 Å². The Morgan fingerprint density at radius 1 is 1.11 bits per heavy atom. The zero-order valence-corrected chi connectivity index (χ0v) is 18.2. The van der Waals surface area contributed by atoms with Crippen LogP contribution in [0, 0.1) is 6.92 Å². The van der Waals surface area contributed by atoms with Gasteiger partial charge >= 0.3 is 5.97 Å². The van der Waals surface area contributed by atoms with E-state index in [0.29, 0.717) is 17.7 Å². The fourth-order valence-corrected chi connectivity index (χ4v) is 3.31. The molecule has 1 amide bonds. The van der Waals surface area contributed by atoms with E-state index in [1.165, 1.54) is 0 Å². The van der Waals surface area contributed by atoms with Gasteiger partial charge in [0.25, 0.3) is 5.91 Å². The molecule has 2 aromatic rings. The molecule has 0 radical (unpaired) electrons. The Kier molecular flexibility index (Phi) is 10.4. The molecule has 0 heterocycles. The minimum atomic E-state index is -1.00. The number of aryl methyl sites for hydroxylation is 2. The number of carbonyl (C=O) groups excluding carboxylic acids is 1. The SMILES string of the molecule is CC.CCc1ccc(C(=O)NC(CCSC)C(=O)O)c(-c2ccccc2C)c1. The van der Waals surface area contributed by atoms with E-state index < -0.39 is 12.0 Å². The zero-order valence-electron chi connectivity index (χ0n) is 17.4. The number of benzene rings is 2. The number of nitrogens with one attached hydrogen (secondary N) is 1. The van der Waals surface area contributed by atoms with Crippen LogP contribution < -0.4 is 5.32 Å². The van der Waals surface area contributed by atoms with Crippen molar-refractivity contribution in [2.45, 2.75) is 46.6 Å². The second kappa shape index (κ2) is 12.2. The summed E-state index contributed by atoms with van der Waals surface area (Å²) in [7, 11) is 0. The first-order chi connectivity index (χ1) is 13.5. The Bertz CT molecular complexity index is 789.